The van der Waals surface area contributed by atoms with Crippen LogP contribution >= 0.6 is 7.82 Å². The van der Waals surface area contributed by atoms with Crippen molar-refractivity contribution in [2.24, 2.45) is 0 Å². The Morgan fingerprint density at radius 1 is 0.660 bits per heavy atom. The Labute approximate surface area is 326 Å². The molecule has 0 rings (SSSR count). The fourth-order valence-corrected chi connectivity index (χ4v) is 6.63. The van der Waals surface area contributed by atoms with Gasteiger partial charge in [-0.2, -0.15) is 0 Å². The largest absolute Gasteiger partial charge is 0.756 e. The topological polar surface area (TPSA) is 128 Å². The average Bonchev–Trinajstić information content (AvgIpc) is 3.10. The first-order chi connectivity index (χ1) is 25.4. The van der Waals surface area contributed by atoms with E-state index in [2.05, 4.69) is 55.6 Å². The van der Waals surface area contributed by atoms with Gasteiger partial charge in [0.15, 0.2) is 0 Å². The molecule has 0 heterocycles. The maximum absolute atomic E-state index is 12.9. The van der Waals surface area contributed by atoms with Crippen molar-refractivity contribution < 1.29 is 38.0 Å². The van der Waals surface area contributed by atoms with Gasteiger partial charge in [0, 0.05) is 6.42 Å². The number of rotatable bonds is 38. The van der Waals surface area contributed by atoms with Gasteiger partial charge in [-0.3, -0.25) is 9.36 Å². The van der Waals surface area contributed by atoms with Crippen LogP contribution in [0.2, 0.25) is 0 Å². The second-order valence-electron chi connectivity index (χ2n) is 15.8. The van der Waals surface area contributed by atoms with Gasteiger partial charge in [0.1, 0.15) is 19.3 Å². The molecule has 0 aromatic carbocycles. The summed E-state index contributed by atoms with van der Waals surface area (Å²) in [6.07, 6.45) is 37.5. The molecular formula is C43H83N2O7P. The number of nitrogens with zero attached hydrogens (tertiary/aromatic N) is 1. The zero-order valence-corrected chi connectivity index (χ0v) is 35.7. The summed E-state index contributed by atoms with van der Waals surface area (Å²) in [5.41, 5.74) is 0. The summed E-state index contributed by atoms with van der Waals surface area (Å²) in [6, 6.07) is -1.10. The Morgan fingerprint density at radius 2 is 1.09 bits per heavy atom. The van der Waals surface area contributed by atoms with Gasteiger partial charge in [0.25, 0.3) is 7.82 Å². The number of quaternary nitrogens is 1. The van der Waals surface area contributed by atoms with Crippen molar-refractivity contribution in [1.29, 1.82) is 0 Å². The maximum Gasteiger partial charge on any atom is 0.268 e. The lowest BCUT2D eigenvalue weighted by atomic mass is 10.0. The number of hydrogen-bond acceptors (Lipinski definition) is 7. The van der Waals surface area contributed by atoms with Crippen LogP contribution in [-0.2, 0) is 18.4 Å². The first-order valence-electron chi connectivity index (χ1n) is 21.4. The number of nitrogens with one attached hydrogen (secondary N) is 1. The van der Waals surface area contributed by atoms with Crippen LogP contribution < -0.4 is 10.2 Å². The highest BCUT2D eigenvalue weighted by Crippen LogP contribution is 2.38. The Balaban J connectivity index is 4.58. The van der Waals surface area contributed by atoms with Crippen LogP contribution in [0.4, 0.5) is 0 Å². The van der Waals surface area contributed by atoms with Gasteiger partial charge in [0.05, 0.1) is 39.9 Å². The Kier molecular flexibility index (Phi) is 34.2. The normalized spacial score (nSPS) is 15.4. The molecule has 9 nitrogen and oxygen atoms in total. The molecular weight excluding hydrogens is 687 g/mol. The summed E-state index contributed by atoms with van der Waals surface area (Å²) in [5.74, 6) is -0.299. The highest BCUT2D eigenvalue weighted by atomic mass is 31.2. The molecule has 53 heavy (non-hydrogen) atoms. The van der Waals surface area contributed by atoms with E-state index < -0.39 is 32.7 Å². The van der Waals surface area contributed by atoms with Crippen molar-refractivity contribution in [3.05, 3.63) is 36.5 Å². The molecule has 0 saturated heterocycles. The Hall–Kier alpha value is -1.32. The molecule has 0 bridgehead atoms. The van der Waals surface area contributed by atoms with Gasteiger partial charge in [-0.15, -0.1) is 0 Å². The minimum Gasteiger partial charge on any atom is -0.756 e. The summed E-state index contributed by atoms with van der Waals surface area (Å²) in [7, 11) is 1.09. The predicted octanol–water partition coefficient (Wildman–Crippen LogP) is 9.86. The number of phosphoric ester groups is 1. The lowest BCUT2D eigenvalue weighted by Crippen LogP contribution is -2.51. The predicted molar refractivity (Wildman–Crippen MR) is 221 cm³/mol. The molecule has 0 aliphatic heterocycles. The number of unbranched alkanes of at least 4 members (excludes halogenated alkanes) is 18. The maximum atomic E-state index is 12.9. The third-order valence-corrected chi connectivity index (χ3v) is 10.4. The highest BCUT2D eigenvalue weighted by Gasteiger charge is 2.29. The number of aliphatic hydroxyl groups is 2. The van der Waals surface area contributed by atoms with Crippen LogP contribution in [0.3, 0.4) is 0 Å². The van der Waals surface area contributed by atoms with Crippen molar-refractivity contribution in [2.45, 2.75) is 193 Å². The average molecular weight is 771 g/mol. The fourth-order valence-electron chi connectivity index (χ4n) is 5.91. The number of amides is 1. The molecule has 0 radical (unpaired) electrons. The van der Waals surface area contributed by atoms with Crippen LogP contribution in [-0.4, -0.2) is 79.8 Å². The molecule has 10 heteroatoms. The van der Waals surface area contributed by atoms with Crippen LogP contribution in [0, 0.1) is 0 Å². The summed E-state index contributed by atoms with van der Waals surface area (Å²) >= 11 is 0. The second kappa shape index (κ2) is 35.1. The number of carbonyl (C=O) groups is 1. The van der Waals surface area contributed by atoms with Crippen LogP contribution in [0.1, 0.15) is 174 Å². The molecule has 0 aliphatic rings. The molecule has 0 saturated carbocycles. The first-order valence-corrected chi connectivity index (χ1v) is 22.9. The molecule has 0 aromatic rings. The highest BCUT2D eigenvalue weighted by molar-refractivity contribution is 7.45. The minimum atomic E-state index is -4.67. The monoisotopic (exact) mass is 771 g/mol. The van der Waals surface area contributed by atoms with Gasteiger partial charge in [0.2, 0.25) is 5.91 Å². The molecule has 0 spiro atoms. The fraction of sp³-hybridized carbons (Fsp3) is 0.837. The molecule has 4 unspecified atom stereocenters. The zero-order chi connectivity index (χ0) is 39.5. The lowest BCUT2D eigenvalue weighted by molar-refractivity contribution is -0.870. The summed E-state index contributed by atoms with van der Waals surface area (Å²) in [5, 5.41) is 24.5. The van der Waals surface area contributed by atoms with Crippen molar-refractivity contribution in [2.75, 3.05) is 40.9 Å². The third-order valence-electron chi connectivity index (χ3n) is 9.42. The molecule has 312 valence electrons. The molecule has 1 amide bonds. The van der Waals surface area contributed by atoms with Crippen molar-refractivity contribution in [3.8, 4) is 0 Å². The van der Waals surface area contributed by atoms with E-state index in [1.807, 2.05) is 21.1 Å². The van der Waals surface area contributed by atoms with Gasteiger partial charge >= 0.3 is 0 Å². The molecule has 0 aromatic heterocycles. The quantitative estimate of drug-likeness (QED) is 0.0247. The Bertz CT molecular complexity index is 982. The van der Waals surface area contributed by atoms with Crippen LogP contribution in [0.25, 0.3) is 0 Å². The number of carbonyl (C=O) groups excluding carboxylic acids is 1. The second-order valence-corrected chi connectivity index (χ2v) is 17.2. The number of allylic oxidation sites excluding steroid dienone is 6. The van der Waals surface area contributed by atoms with E-state index >= 15 is 0 Å². The van der Waals surface area contributed by atoms with Crippen LogP contribution in [0.15, 0.2) is 36.5 Å². The van der Waals surface area contributed by atoms with Crippen molar-refractivity contribution in [3.63, 3.8) is 0 Å². The van der Waals surface area contributed by atoms with E-state index in [4.69, 9.17) is 9.05 Å². The van der Waals surface area contributed by atoms with Gasteiger partial charge in [-0.1, -0.05) is 127 Å². The van der Waals surface area contributed by atoms with Gasteiger partial charge < -0.3 is 34.0 Å². The molecule has 3 N–H and O–H groups in total. The third kappa shape index (κ3) is 36.1. The summed E-state index contributed by atoms with van der Waals surface area (Å²) < 4.78 is 23.1. The smallest absolute Gasteiger partial charge is 0.268 e. The lowest BCUT2D eigenvalue weighted by Gasteiger charge is -2.31. The van der Waals surface area contributed by atoms with Crippen molar-refractivity contribution >= 4 is 13.7 Å². The van der Waals surface area contributed by atoms with Crippen molar-refractivity contribution in [1.82, 2.24) is 5.32 Å². The van der Waals surface area contributed by atoms with E-state index in [0.717, 1.165) is 51.4 Å². The van der Waals surface area contributed by atoms with Gasteiger partial charge in [-0.05, 0) is 77.0 Å². The van der Waals surface area contributed by atoms with E-state index in [0.29, 0.717) is 30.3 Å². The molecule has 4 atom stereocenters. The summed E-state index contributed by atoms with van der Waals surface area (Å²) in [4.78, 5) is 25.3. The Morgan fingerprint density at radius 3 is 1.62 bits per heavy atom. The summed E-state index contributed by atoms with van der Waals surface area (Å²) in [6.45, 7) is 4.35. The van der Waals surface area contributed by atoms with Gasteiger partial charge in [-0.25, -0.2) is 0 Å². The number of likely N-dealkylation sites (N-methyl/N-ethyl adjacent to an activating group) is 1. The molecule has 0 aliphatic carbocycles. The molecule has 0 fully saturated rings. The number of aliphatic hydroxyl groups excluding tert-OH is 2. The number of hydrogen-bond donors (Lipinski definition) is 3. The van der Waals surface area contributed by atoms with E-state index in [1.165, 1.54) is 83.5 Å². The first kappa shape index (κ1) is 51.7. The SMILES string of the molecule is CCCCC/C=C/CC/C=C/CCCC(O)C(O)C(COP(=O)([O-])OCC[N+](C)(C)C)NC(=O)CCCCCCCCC/C=C\CCCCCCCC. The van der Waals surface area contributed by atoms with E-state index in [-0.39, 0.29) is 18.9 Å². The number of phosphoric acid groups is 1. The minimum absolute atomic E-state index is 0.0500. The standard InChI is InChI=1S/C43H83N2O7P/c1-6-8-10-12-14-16-18-20-21-22-23-24-26-28-30-32-34-36-42(47)44-40(39-52-53(49,50)51-38-37-45(3,4)5)43(48)41(46)35-33-31-29-27-25-19-17-15-13-11-9-7-2/h15,17,20-21,27,29,40-41,43,46,48H,6-14,16,18-19,22-26,28,30-39H2,1-5H3,(H-,44,47,49,50)/b17-15+,21-20-,29-27+. The van der Waals surface area contributed by atoms with E-state index in [9.17, 15) is 24.5 Å². The zero-order valence-electron chi connectivity index (χ0n) is 34.8. The van der Waals surface area contributed by atoms with E-state index in [1.54, 1.807) is 0 Å². The van der Waals surface area contributed by atoms with Crippen LogP contribution in [0.5, 0.6) is 0 Å².